The van der Waals surface area contributed by atoms with E-state index >= 15 is 0 Å². The van der Waals surface area contributed by atoms with Gasteiger partial charge in [0.1, 0.15) is 15.6 Å². The minimum absolute atomic E-state index is 0.104. The molecule has 0 heterocycles. The Balaban J connectivity index is 2.42. The van der Waals surface area contributed by atoms with Crippen molar-refractivity contribution in [2.24, 2.45) is 0 Å². The third kappa shape index (κ3) is 5.18. The van der Waals surface area contributed by atoms with E-state index in [0.717, 1.165) is 0 Å². The van der Waals surface area contributed by atoms with E-state index < -0.39 is 15.8 Å². The number of carbonyl (C=O) groups excluding carboxylic acids is 1. The lowest BCUT2D eigenvalue weighted by molar-refractivity contribution is 0.0600. The van der Waals surface area contributed by atoms with E-state index in [1.807, 2.05) is 0 Å². The normalized spacial score (nSPS) is 11.0. The first-order valence-electron chi connectivity index (χ1n) is 5.41. The van der Waals surface area contributed by atoms with Crippen molar-refractivity contribution >= 4 is 15.8 Å². The third-order valence-electron chi connectivity index (χ3n) is 2.20. The van der Waals surface area contributed by atoms with Crippen molar-refractivity contribution in [3.05, 3.63) is 29.8 Å². The van der Waals surface area contributed by atoms with Crippen molar-refractivity contribution in [3.8, 4) is 5.75 Å². The standard InChI is InChI=1S/C12H16O5S/c1-16-12(13)10-4-6-11(7-5-10)17-8-3-9-18(2,14)15/h4-7H,3,8-9H2,1-2H3. The molecule has 1 rings (SSSR count). The largest absolute Gasteiger partial charge is 0.494 e. The lowest BCUT2D eigenvalue weighted by Crippen LogP contribution is -2.08. The summed E-state index contributed by atoms with van der Waals surface area (Å²) in [5, 5.41) is 0. The number of esters is 1. The first-order chi connectivity index (χ1) is 8.42. The summed E-state index contributed by atoms with van der Waals surface area (Å²) in [4.78, 5) is 11.2. The second-order valence-corrected chi connectivity index (χ2v) is 6.11. The van der Waals surface area contributed by atoms with Crippen LogP contribution in [-0.4, -0.2) is 40.1 Å². The molecule has 0 fully saturated rings. The number of methoxy groups -OCH3 is 1. The molecule has 0 aliphatic rings. The number of hydrogen-bond acceptors (Lipinski definition) is 5. The van der Waals surface area contributed by atoms with E-state index in [2.05, 4.69) is 4.74 Å². The molecular formula is C12H16O5S. The number of hydrogen-bond donors (Lipinski definition) is 0. The second-order valence-electron chi connectivity index (χ2n) is 3.85. The second kappa shape index (κ2) is 6.39. The summed E-state index contributed by atoms with van der Waals surface area (Å²) in [5.41, 5.74) is 0.445. The Morgan fingerprint density at radius 1 is 1.22 bits per heavy atom. The maximum atomic E-state index is 11.2. The molecule has 1 aromatic rings. The van der Waals surface area contributed by atoms with Crippen molar-refractivity contribution in [3.63, 3.8) is 0 Å². The fourth-order valence-electron chi connectivity index (χ4n) is 1.32. The fourth-order valence-corrected chi connectivity index (χ4v) is 1.96. The summed E-state index contributed by atoms with van der Waals surface area (Å²) in [6.45, 7) is 0.324. The number of ether oxygens (including phenoxy) is 2. The minimum atomic E-state index is -2.94. The molecule has 0 saturated carbocycles. The Bertz CT molecular complexity index is 490. The SMILES string of the molecule is COC(=O)c1ccc(OCCCS(C)(=O)=O)cc1. The average molecular weight is 272 g/mol. The Hall–Kier alpha value is -1.56. The summed E-state index contributed by atoms with van der Waals surface area (Å²) in [6.07, 6.45) is 1.63. The quantitative estimate of drug-likeness (QED) is 0.576. The molecule has 0 bridgehead atoms. The topological polar surface area (TPSA) is 69.7 Å². The zero-order chi connectivity index (χ0) is 13.6. The number of rotatable bonds is 6. The maximum Gasteiger partial charge on any atom is 0.337 e. The highest BCUT2D eigenvalue weighted by Gasteiger charge is 2.05. The molecule has 0 aliphatic heterocycles. The molecule has 0 saturated heterocycles. The molecule has 1 aromatic carbocycles. The van der Waals surface area contributed by atoms with E-state index in [0.29, 0.717) is 24.3 Å². The molecule has 0 aromatic heterocycles. The number of carbonyl (C=O) groups is 1. The minimum Gasteiger partial charge on any atom is -0.494 e. The molecule has 5 nitrogen and oxygen atoms in total. The van der Waals surface area contributed by atoms with Gasteiger partial charge >= 0.3 is 5.97 Å². The zero-order valence-electron chi connectivity index (χ0n) is 10.4. The van der Waals surface area contributed by atoms with Gasteiger partial charge in [-0.2, -0.15) is 0 Å². The predicted molar refractivity (Wildman–Crippen MR) is 67.6 cm³/mol. The molecule has 0 radical (unpaired) electrons. The first kappa shape index (κ1) is 14.5. The van der Waals surface area contributed by atoms with Gasteiger partial charge in [0.05, 0.1) is 25.0 Å². The highest BCUT2D eigenvalue weighted by molar-refractivity contribution is 7.90. The van der Waals surface area contributed by atoms with Gasteiger partial charge < -0.3 is 9.47 Å². The van der Waals surface area contributed by atoms with Crippen LogP contribution in [0.1, 0.15) is 16.8 Å². The summed E-state index contributed by atoms with van der Waals surface area (Å²) >= 11 is 0. The van der Waals surface area contributed by atoms with Crippen molar-refractivity contribution in [2.75, 3.05) is 25.7 Å². The first-order valence-corrected chi connectivity index (χ1v) is 7.47. The summed E-state index contributed by atoms with van der Waals surface area (Å²) < 4.78 is 31.7. The Morgan fingerprint density at radius 3 is 2.33 bits per heavy atom. The predicted octanol–water partition coefficient (Wildman–Crippen LogP) is 1.29. The van der Waals surface area contributed by atoms with E-state index in [4.69, 9.17) is 4.74 Å². The molecule has 0 unspecified atom stereocenters. The van der Waals surface area contributed by atoms with Gasteiger partial charge in [-0.05, 0) is 30.7 Å². The van der Waals surface area contributed by atoms with Crippen molar-refractivity contribution in [1.82, 2.24) is 0 Å². The monoisotopic (exact) mass is 272 g/mol. The van der Waals surface area contributed by atoms with Gasteiger partial charge in [-0.15, -0.1) is 0 Å². The van der Waals surface area contributed by atoms with Crippen LogP contribution in [0.5, 0.6) is 5.75 Å². The molecule has 0 amide bonds. The zero-order valence-corrected chi connectivity index (χ0v) is 11.2. The lowest BCUT2D eigenvalue weighted by Gasteiger charge is -2.06. The van der Waals surface area contributed by atoms with E-state index in [9.17, 15) is 13.2 Å². The van der Waals surface area contributed by atoms with Crippen LogP contribution in [0.15, 0.2) is 24.3 Å². The number of benzene rings is 1. The van der Waals surface area contributed by atoms with Crippen LogP contribution in [0.4, 0.5) is 0 Å². The molecule has 0 atom stereocenters. The lowest BCUT2D eigenvalue weighted by atomic mass is 10.2. The van der Waals surface area contributed by atoms with Gasteiger partial charge in [-0.3, -0.25) is 0 Å². The average Bonchev–Trinajstić information content (AvgIpc) is 2.33. The van der Waals surface area contributed by atoms with Gasteiger partial charge in [0.2, 0.25) is 0 Å². The van der Waals surface area contributed by atoms with Crippen LogP contribution in [0.2, 0.25) is 0 Å². The van der Waals surface area contributed by atoms with Crippen LogP contribution < -0.4 is 4.74 Å². The Labute approximate surface area is 107 Å². The van der Waals surface area contributed by atoms with Crippen molar-refractivity contribution in [1.29, 1.82) is 0 Å². The summed E-state index contributed by atoms with van der Waals surface area (Å²) in [5.74, 6) is 0.294. The maximum absolute atomic E-state index is 11.2. The summed E-state index contributed by atoms with van der Waals surface area (Å²) in [7, 11) is -1.62. The Kier molecular flexibility index (Phi) is 5.15. The van der Waals surface area contributed by atoms with E-state index in [1.54, 1.807) is 24.3 Å². The van der Waals surface area contributed by atoms with Crippen LogP contribution in [0, 0.1) is 0 Å². The van der Waals surface area contributed by atoms with E-state index in [-0.39, 0.29) is 5.75 Å². The van der Waals surface area contributed by atoms with Crippen LogP contribution >= 0.6 is 0 Å². The van der Waals surface area contributed by atoms with Crippen molar-refractivity contribution in [2.45, 2.75) is 6.42 Å². The molecule has 6 heteroatoms. The summed E-state index contributed by atoms with van der Waals surface area (Å²) in [6, 6.07) is 6.48. The van der Waals surface area contributed by atoms with Gasteiger partial charge in [-0.25, -0.2) is 13.2 Å². The highest BCUT2D eigenvalue weighted by atomic mass is 32.2. The van der Waals surface area contributed by atoms with Gasteiger partial charge in [0, 0.05) is 6.26 Å². The molecular weight excluding hydrogens is 256 g/mol. The molecule has 100 valence electrons. The molecule has 0 spiro atoms. The molecule has 18 heavy (non-hydrogen) atoms. The van der Waals surface area contributed by atoms with Gasteiger partial charge in [0.15, 0.2) is 0 Å². The van der Waals surface area contributed by atoms with Crippen molar-refractivity contribution < 1.29 is 22.7 Å². The van der Waals surface area contributed by atoms with Crippen LogP contribution in [0.3, 0.4) is 0 Å². The highest BCUT2D eigenvalue weighted by Crippen LogP contribution is 2.13. The Morgan fingerprint density at radius 2 is 1.83 bits per heavy atom. The molecule has 0 aliphatic carbocycles. The smallest absolute Gasteiger partial charge is 0.337 e. The number of sulfone groups is 1. The fraction of sp³-hybridized carbons (Fsp3) is 0.417. The van der Waals surface area contributed by atoms with Gasteiger partial charge in [-0.1, -0.05) is 0 Å². The van der Waals surface area contributed by atoms with Crippen LogP contribution in [-0.2, 0) is 14.6 Å². The van der Waals surface area contributed by atoms with Crippen LogP contribution in [0.25, 0.3) is 0 Å². The van der Waals surface area contributed by atoms with E-state index in [1.165, 1.54) is 13.4 Å². The molecule has 0 N–H and O–H groups in total. The third-order valence-corrected chi connectivity index (χ3v) is 3.23. The van der Waals surface area contributed by atoms with Gasteiger partial charge in [0.25, 0.3) is 0 Å².